The van der Waals surface area contributed by atoms with Crippen molar-refractivity contribution in [2.24, 2.45) is 0 Å². The lowest BCUT2D eigenvalue weighted by Gasteiger charge is -2.22. The van der Waals surface area contributed by atoms with Gasteiger partial charge in [0.2, 0.25) is 0 Å². The van der Waals surface area contributed by atoms with Crippen molar-refractivity contribution in [3.63, 3.8) is 0 Å². The van der Waals surface area contributed by atoms with Crippen LogP contribution in [-0.4, -0.2) is 6.67 Å². The normalized spacial score (nSPS) is 21.9. The van der Waals surface area contributed by atoms with Crippen LogP contribution in [0.25, 0.3) is 0 Å². The lowest BCUT2D eigenvalue weighted by molar-refractivity contribution is 0.396. The average Bonchev–Trinajstić information content (AvgIpc) is 2.17. The van der Waals surface area contributed by atoms with E-state index >= 15 is 0 Å². The summed E-state index contributed by atoms with van der Waals surface area (Å²) in [4.78, 5) is 0. The highest BCUT2D eigenvalue weighted by molar-refractivity contribution is 5.32. The third-order valence-electron chi connectivity index (χ3n) is 2.68. The van der Waals surface area contributed by atoms with Crippen LogP contribution < -0.4 is 0 Å². The van der Waals surface area contributed by atoms with Crippen molar-refractivity contribution in [1.29, 1.82) is 0 Å². The van der Waals surface area contributed by atoms with E-state index < -0.39 is 0 Å². The van der Waals surface area contributed by atoms with Gasteiger partial charge in [-0.2, -0.15) is 0 Å². The van der Waals surface area contributed by atoms with Crippen molar-refractivity contribution in [3.8, 4) is 0 Å². The maximum Gasteiger partial charge on any atom is 0.0963 e. The summed E-state index contributed by atoms with van der Waals surface area (Å²) in [6, 6.07) is 8.24. The maximum absolute atomic E-state index is 12.6. The molecule has 1 aromatic rings. The van der Waals surface area contributed by atoms with Gasteiger partial charge in [-0.05, 0) is 30.4 Å². The molecule has 12 heavy (non-hydrogen) atoms. The van der Waals surface area contributed by atoms with Crippen LogP contribution in [0.5, 0.6) is 0 Å². The Labute approximate surface area is 72.4 Å². The monoisotopic (exact) mass is 164 g/mol. The molecular formula is C11H13F. The molecule has 1 aliphatic carbocycles. The summed E-state index contributed by atoms with van der Waals surface area (Å²) >= 11 is 0. The van der Waals surface area contributed by atoms with Crippen molar-refractivity contribution in [2.45, 2.75) is 25.2 Å². The largest absolute Gasteiger partial charge is 0.250 e. The first-order chi connectivity index (χ1) is 5.92. The van der Waals surface area contributed by atoms with E-state index in [0.717, 1.165) is 19.3 Å². The van der Waals surface area contributed by atoms with Crippen molar-refractivity contribution >= 4 is 0 Å². The van der Waals surface area contributed by atoms with E-state index in [0.29, 0.717) is 0 Å². The van der Waals surface area contributed by atoms with Gasteiger partial charge < -0.3 is 0 Å². The molecular weight excluding hydrogens is 151 g/mol. The zero-order chi connectivity index (χ0) is 8.39. The van der Waals surface area contributed by atoms with E-state index in [4.69, 9.17) is 0 Å². The SMILES string of the molecule is FCC1CCCc2ccccc21. The molecule has 0 heterocycles. The van der Waals surface area contributed by atoms with Gasteiger partial charge in [0.25, 0.3) is 0 Å². The smallest absolute Gasteiger partial charge is 0.0963 e. The van der Waals surface area contributed by atoms with Crippen LogP contribution in [-0.2, 0) is 6.42 Å². The molecule has 1 aliphatic rings. The Morgan fingerprint density at radius 3 is 3.00 bits per heavy atom. The van der Waals surface area contributed by atoms with Gasteiger partial charge in [-0.3, -0.25) is 4.39 Å². The van der Waals surface area contributed by atoms with Gasteiger partial charge in [-0.25, -0.2) is 0 Å². The van der Waals surface area contributed by atoms with Gasteiger partial charge in [-0.15, -0.1) is 0 Å². The second kappa shape index (κ2) is 3.26. The fraction of sp³-hybridized carbons (Fsp3) is 0.455. The Morgan fingerprint density at radius 2 is 2.17 bits per heavy atom. The van der Waals surface area contributed by atoms with Crippen molar-refractivity contribution in [1.82, 2.24) is 0 Å². The van der Waals surface area contributed by atoms with E-state index in [1.165, 1.54) is 11.1 Å². The minimum atomic E-state index is -0.197. The second-order valence-electron chi connectivity index (χ2n) is 3.44. The van der Waals surface area contributed by atoms with Crippen LogP contribution >= 0.6 is 0 Å². The summed E-state index contributed by atoms with van der Waals surface area (Å²) in [5.41, 5.74) is 2.60. The first-order valence-electron chi connectivity index (χ1n) is 4.55. The highest BCUT2D eigenvalue weighted by atomic mass is 19.1. The van der Waals surface area contributed by atoms with Gasteiger partial charge in [0.1, 0.15) is 0 Å². The number of hydrogen-bond donors (Lipinski definition) is 0. The lowest BCUT2D eigenvalue weighted by Crippen LogP contribution is -2.10. The Kier molecular flexibility index (Phi) is 2.11. The second-order valence-corrected chi connectivity index (χ2v) is 3.44. The quantitative estimate of drug-likeness (QED) is 0.598. The van der Waals surface area contributed by atoms with Gasteiger partial charge in [-0.1, -0.05) is 24.3 Å². The number of fused-ring (bicyclic) bond motifs is 1. The average molecular weight is 164 g/mol. The molecule has 0 fully saturated rings. The molecule has 2 rings (SSSR count). The highest BCUT2D eigenvalue weighted by Gasteiger charge is 2.18. The molecule has 0 saturated heterocycles. The molecule has 0 aromatic heterocycles. The van der Waals surface area contributed by atoms with Gasteiger partial charge in [0.05, 0.1) is 6.67 Å². The van der Waals surface area contributed by atoms with Gasteiger partial charge in [0, 0.05) is 5.92 Å². The fourth-order valence-electron chi connectivity index (χ4n) is 2.01. The molecule has 0 amide bonds. The summed E-state index contributed by atoms with van der Waals surface area (Å²) < 4.78 is 12.6. The van der Waals surface area contributed by atoms with Crippen LogP contribution in [0.1, 0.15) is 29.9 Å². The zero-order valence-corrected chi connectivity index (χ0v) is 7.09. The van der Waals surface area contributed by atoms with E-state index in [2.05, 4.69) is 12.1 Å². The predicted octanol–water partition coefficient (Wildman–Crippen LogP) is 3.08. The van der Waals surface area contributed by atoms with E-state index in [-0.39, 0.29) is 12.6 Å². The third-order valence-corrected chi connectivity index (χ3v) is 2.68. The molecule has 1 heteroatoms. The summed E-state index contributed by atoms with van der Waals surface area (Å²) in [6.45, 7) is -0.197. The number of halogens is 1. The zero-order valence-electron chi connectivity index (χ0n) is 7.09. The summed E-state index contributed by atoms with van der Waals surface area (Å²) in [7, 11) is 0. The minimum absolute atomic E-state index is 0.176. The van der Waals surface area contributed by atoms with Crippen molar-refractivity contribution < 1.29 is 4.39 Å². The van der Waals surface area contributed by atoms with Gasteiger partial charge in [0.15, 0.2) is 0 Å². The molecule has 0 spiro atoms. The van der Waals surface area contributed by atoms with Gasteiger partial charge >= 0.3 is 0 Å². The minimum Gasteiger partial charge on any atom is -0.250 e. The molecule has 1 unspecified atom stereocenters. The standard InChI is InChI=1S/C11H13F/c12-8-10-6-3-5-9-4-1-2-7-11(9)10/h1-2,4,7,10H,3,5-6,8H2. The maximum atomic E-state index is 12.6. The molecule has 0 nitrogen and oxygen atoms in total. The molecule has 1 atom stereocenters. The van der Waals surface area contributed by atoms with Crippen LogP contribution in [0, 0.1) is 0 Å². The summed E-state index contributed by atoms with van der Waals surface area (Å²) in [5.74, 6) is 0.176. The molecule has 0 aliphatic heterocycles. The fourth-order valence-corrected chi connectivity index (χ4v) is 2.01. The number of hydrogen-bond acceptors (Lipinski definition) is 0. The Bertz CT molecular complexity index is 267. The van der Waals surface area contributed by atoms with Crippen LogP contribution in [0.2, 0.25) is 0 Å². The first kappa shape index (κ1) is 7.78. The van der Waals surface area contributed by atoms with E-state index in [9.17, 15) is 4.39 Å². The molecule has 0 radical (unpaired) electrons. The Balaban J connectivity index is 2.37. The first-order valence-corrected chi connectivity index (χ1v) is 4.55. The van der Waals surface area contributed by atoms with Crippen molar-refractivity contribution in [2.75, 3.05) is 6.67 Å². The summed E-state index contributed by atoms with van der Waals surface area (Å²) in [6.07, 6.45) is 3.30. The lowest BCUT2D eigenvalue weighted by atomic mass is 9.84. The van der Waals surface area contributed by atoms with E-state index in [1.54, 1.807) is 0 Å². The number of alkyl halides is 1. The predicted molar refractivity (Wildman–Crippen MR) is 48.1 cm³/mol. The van der Waals surface area contributed by atoms with Crippen LogP contribution in [0.3, 0.4) is 0 Å². The number of rotatable bonds is 1. The molecule has 0 bridgehead atoms. The molecule has 0 N–H and O–H groups in total. The molecule has 0 saturated carbocycles. The van der Waals surface area contributed by atoms with E-state index in [1.807, 2.05) is 12.1 Å². The highest BCUT2D eigenvalue weighted by Crippen LogP contribution is 2.31. The summed E-state index contributed by atoms with van der Waals surface area (Å²) in [5, 5.41) is 0. The topological polar surface area (TPSA) is 0 Å². The van der Waals surface area contributed by atoms with Crippen molar-refractivity contribution in [3.05, 3.63) is 35.4 Å². The molecule has 1 aromatic carbocycles. The van der Waals surface area contributed by atoms with Crippen LogP contribution in [0.4, 0.5) is 4.39 Å². The third kappa shape index (κ3) is 1.24. The Morgan fingerprint density at radius 1 is 1.33 bits per heavy atom. The number of aryl methyl sites for hydroxylation is 1. The molecule has 64 valence electrons. The van der Waals surface area contributed by atoms with Crippen LogP contribution in [0.15, 0.2) is 24.3 Å². The Hall–Kier alpha value is -0.850. The number of benzene rings is 1.